The molecular weight excluding hydrogens is 266 g/mol. The van der Waals surface area contributed by atoms with Crippen molar-refractivity contribution in [3.8, 4) is 0 Å². The van der Waals surface area contributed by atoms with Gasteiger partial charge < -0.3 is 0 Å². The average Bonchev–Trinajstić information content (AvgIpc) is 2.60. The second-order valence-corrected chi connectivity index (χ2v) is 5.69. The molecule has 0 saturated heterocycles. The second-order valence-electron chi connectivity index (χ2n) is 5.69. The number of hydrogen-bond donors (Lipinski definition) is 0. The lowest BCUT2D eigenvalue weighted by Crippen LogP contribution is -1.85. The first-order valence-electron chi connectivity index (χ1n) is 7.50. The topological polar surface area (TPSA) is 12.9 Å². The van der Waals surface area contributed by atoms with Gasteiger partial charge >= 0.3 is 0 Å². The van der Waals surface area contributed by atoms with E-state index >= 15 is 0 Å². The zero-order valence-corrected chi connectivity index (χ0v) is 12.0. The van der Waals surface area contributed by atoms with E-state index in [0.717, 1.165) is 5.52 Å². The molecule has 0 atom stereocenters. The molecule has 5 rings (SSSR count). The van der Waals surface area contributed by atoms with E-state index in [4.69, 9.17) is 0 Å². The normalized spacial score (nSPS) is 11.6. The van der Waals surface area contributed by atoms with Gasteiger partial charge in [0.2, 0.25) is 0 Å². The molecule has 0 aliphatic rings. The van der Waals surface area contributed by atoms with Crippen molar-refractivity contribution >= 4 is 43.2 Å². The first-order valence-corrected chi connectivity index (χ1v) is 7.50. The largest absolute Gasteiger partial charge is 0.256 e. The van der Waals surface area contributed by atoms with Crippen molar-refractivity contribution in [1.82, 2.24) is 4.98 Å². The molecule has 0 spiro atoms. The summed E-state index contributed by atoms with van der Waals surface area (Å²) in [6.45, 7) is 0. The molecule has 1 heteroatoms. The SMILES string of the molecule is c1ccc2c(c1)ccc1ccc3ncc4ccccc4c3c12. The molecule has 0 amide bonds. The smallest absolute Gasteiger partial charge is 0.0715 e. The average molecular weight is 279 g/mol. The third-order valence-electron chi connectivity index (χ3n) is 4.46. The number of hydrogen-bond acceptors (Lipinski definition) is 1. The van der Waals surface area contributed by atoms with Crippen molar-refractivity contribution in [2.24, 2.45) is 0 Å². The highest BCUT2D eigenvalue weighted by atomic mass is 14.6. The van der Waals surface area contributed by atoms with Crippen molar-refractivity contribution in [2.45, 2.75) is 0 Å². The van der Waals surface area contributed by atoms with Gasteiger partial charge in [0.05, 0.1) is 5.52 Å². The minimum Gasteiger partial charge on any atom is -0.256 e. The summed E-state index contributed by atoms with van der Waals surface area (Å²) in [7, 11) is 0. The van der Waals surface area contributed by atoms with Gasteiger partial charge in [0.1, 0.15) is 0 Å². The van der Waals surface area contributed by atoms with Crippen molar-refractivity contribution in [3.05, 3.63) is 79.0 Å². The predicted octanol–water partition coefficient (Wildman–Crippen LogP) is 5.69. The Labute approximate surface area is 127 Å². The fourth-order valence-corrected chi connectivity index (χ4v) is 3.44. The summed E-state index contributed by atoms with van der Waals surface area (Å²) in [5.74, 6) is 0. The van der Waals surface area contributed by atoms with Gasteiger partial charge in [0.15, 0.2) is 0 Å². The van der Waals surface area contributed by atoms with E-state index in [1.54, 1.807) is 0 Å². The molecule has 0 aliphatic carbocycles. The van der Waals surface area contributed by atoms with Gasteiger partial charge in [0, 0.05) is 17.0 Å². The molecule has 0 bridgehead atoms. The van der Waals surface area contributed by atoms with E-state index in [1.807, 2.05) is 6.20 Å². The molecule has 1 aromatic heterocycles. The maximum Gasteiger partial charge on any atom is 0.0715 e. The first kappa shape index (κ1) is 11.7. The van der Waals surface area contributed by atoms with Crippen molar-refractivity contribution in [3.63, 3.8) is 0 Å². The summed E-state index contributed by atoms with van der Waals surface area (Å²) >= 11 is 0. The van der Waals surface area contributed by atoms with Gasteiger partial charge in [-0.15, -0.1) is 0 Å². The first-order chi connectivity index (χ1) is 10.9. The van der Waals surface area contributed by atoms with Crippen LogP contribution in [0.4, 0.5) is 0 Å². The molecule has 0 saturated carbocycles. The monoisotopic (exact) mass is 279 g/mol. The lowest BCUT2D eigenvalue weighted by molar-refractivity contribution is 1.45. The summed E-state index contributed by atoms with van der Waals surface area (Å²) < 4.78 is 0. The maximum absolute atomic E-state index is 4.67. The highest BCUT2D eigenvalue weighted by Gasteiger charge is 2.08. The zero-order valence-electron chi connectivity index (χ0n) is 12.0. The Bertz CT molecular complexity index is 1070. The molecule has 1 heterocycles. The Morgan fingerprint density at radius 3 is 2.00 bits per heavy atom. The van der Waals surface area contributed by atoms with Crippen LogP contribution in [-0.4, -0.2) is 4.98 Å². The van der Waals surface area contributed by atoms with Crippen LogP contribution in [0.2, 0.25) is 0 Å². The van der Waals surface area contributed by atoms with Crippen molar-refractivity contribution in [1.29, 1.82) is 0 Å². The summed E-state index contributed by atoms with van der Waals surface area (Å²) in [5.41, 5.74) is 1.06. The number of fused-ring (bicyclic) bond motifs is 7. The molecule has 1 nitrogen and oxygen atoms in total. The number of rotatable bonds is 0. The molecule has 5 aromatic rings. The van der Waals surface area contributed by atoms with E-state index in [9.17, 15) is 0 Å². The van der Waals surface area contributed by atoms with Gasteiger partial charge in [-0.25, -0.2) is 0 Å². The van der Waals surface area contributed by atoms with Gasteiger partial charge in [0.25, 0.3) is 0 Å². The Kier molecular flexibility index (Phi) is 2.28. The van der Waals surface area contributed by atoms with Crippen LogP contribution in [0, 0.1) is 0 Å². The van der Waals surface area contributed by atoms with E-state index in [-0.39, 0.29) is 0 Å². The van der Waals surface area contributed by atoms with E-state index in [0.29, 0.717) is 0 Å². The molecule has 0 unspecified atom stereocenters. The molecule has 102 valence electrons. The van der Waals surface area contributed by atoms with Crippen LogP contribution in [0.1, 0.15) is 0 Å². The number of nitrogens with zero attached hydrogens (tertiary/aromatic N) is 1. The van der Waals surface area contributed by atoms with Crippen molar-refractivity contribution < 1.29 is 0 Å². The molecule has 0 N–H and O–H groups in total. The Balaban J connectivity index is 2.19. The summed E-state index contributed by atoms with van der Waals surface area (Å²) in [6, 6.07) is 25.8. The van der Waals surface area contributed by atoms with E-state index in [2.05, 4.69) is 77.8 Å². The quantitative estimate of drug-likeness (QED) is 0.332. The minimum atomic E-state index is 1.06. The number of benzene rings is 4. The van der Waals surface area contributed by atoms with Crippen LogP contribution in [-0.2, 0) is 0 Å². The van der Waals surface area contributed by atoms with E-state index < -0.39 is 0 Å². The van der Waals surface area contributed by atoms with Crippen LogP contribution in [0.25, 0.3) is 43.2 Å². The third kappa shape index (κ3) is 1.51. The highest BCUT2D eigenvalue weighted by molar-refractivity contribution is 6.26. The van der Waals surface area contributed by atoms with Gasteiger partial charge in [-0.3, -0.25) is 4.98 Å². The minimum absolute atomic E-state index is 1.06. The standard InChI is InChI=1S/C21H13N/c1-3-7-17-14(5-1)9-10-15-11-12-19-21(20(15)17)18-8-4-2-6-16(18)13-22-19/h1-13H. The van der Waals surface area contributed by atoms with Gasteiger partial charge in [-0.2, -0.15) is 0 Å². The van der Waals surface area contributed by atoms with Crippen LogP contribution in [0.5, 0.6) is 0 Å². The maximum atomic E-state index is 4.67. The number of aromatic nitrogens is 1. The molecular formula is C21H13N. The predicted molar refractivity (Wildman–Crippen MR) is 94.3 cm³/mol. The fraction of sp³-hybridized carbons (Fsp3) is 0. The Morgan fingerprint density at radius 1 is 0.500 bits per heavy atom. The van der Waals surface area contributed by atoms with Gasteiger partial charge in [-0.1, -0.05) is 66.7 Å². The molecule has 4 aromatic carbocycles. The lowest BCUT2D eigenvalue weighted by atomic mass is 9.95. The highest BCUT2D eigenvalue weighted by Crippen LogP contribution is 2.35. The third-order valence-corrected chi connectivity index (χ3v) is 4.46. The molecule has 22 heavy (non-hydrogen) atoms. The number of pyridine rings is 1. The van der Waals surface area contributed by atoms with Crippen LogP contribution in [0.15, 0.2) is 79.0 Å². The summed E-state index contributed by atoms with van der Waals surface area (Å²) in [6.07, 6.45) is 1.97. The van der Waals surface area contributed by atoms with Crippen LogP contribution >= 0.6 is 0 Å². The fourth-order valence-electron chi connectivity index (χ4n) is 3.44. The van der Waals surface area contributed by atoms with Crippen molar-refractivity contribution in [2.75, 3.05) is 0 Å². The van der Waals surface area contributed by atoms with Gasteiger partial charge in [-0.05, 0) is 33.0 Å². The lowest BCUT2D eigenvalue weighted by Gasteiger charge is -2.10. The van der Waals surface area contributed by atoms with E-state index in [1.165, 1.54) is 37.7 Å². The molecule has 0 aliphatic heterocycles. The van der Waals surface area contributed by atoms with Crippen LogP contribution in [0.3, 0.4) is 0 Å². The van der Waals surface area contributed by atoms with Crippen LogP contribution < -0.4 is 0 Å². The summed E-state index contributed by atoms with van der Waals surface area (Å²) in [5, 5.41) is 8.86. The second kappa shape index (κ2) is 4.28. The summed E-state index contributed by atoms with van der Waals surface area (Å²) in [4.78, 5) is 4.67. The zero-order chi connectivity index (χ0) is 14.5. The Morgan fingerprint density at radius 2 is 1.14 bits per heavy atom. The molecule has 0 radical (unpaired) electrons. The Hall–Kier alpha value is -2.93. The molecule has 0 fully saturated rings.